The summed E-state index contributed by atoms with van der Waals surface area (Å²) in [4.78, 5) is 0. The molecular weight excluding hydrogens is 148 g/mol. The second kappa shape index (κ2) is 1.95. The first kappa shape index (κ1) is 7.14. The van der Waals surface area contributed by atoms with E-state index in [9.17, 15) is 5.11 Å². The molecule has 0 amide bonds. The Bertz CT molecular complexity index is 245. The van der Waals surface area contributed by atoms with E-state index in [1.165, 1.54) is 32.1 Å². The lowest BCUT2D eigenvalue weighted by Gasteiger charge is -2.55. The van der Waals surface area contributed by atoms with Crippen molar-refractivity contribution in [2.45, 2.75) is 44.6 Å². The number of rotatable bonds is 0. The van der Waals surface area contributed by atoms with Crippen LogP contribution in [0, 0.1) is 10.8 Å². The van der Waals surface area contributed by atoms with Crippen LogP contribution in [0.5, 0.6) is 0 Å². The van der Waals surface area contributed by atoms with Gasteiger partial charge < -0.3 is 5.11 Å². The molecule has 0 heterocycles. The van der Waals surface area contributed by atoms with Crippen molar-refractivity contribution in [1.29, 1.82) is 0 Å². The number of aliphatic hydroxyl groups excluding tert-OH is 1. The monoisotopic (exact) mass is 164 g/mol. The highest BCUT2D eigenvalue weighted by atomic mass is 16.3. The van der Waals surface area contributed by atoms with Crippen LogP contribution in [0.1, 0.15) is 38.5 Å². The van der Waals surface area contributed by atoms with Crippen molar-refractivity contribution in [3.63, 3.8) is 0 Å². The van der Waals surface area contributed by atoms with E-state index in [1.807, 2.05) is 0 Å². The fraction of sp³-hybridized carbons (Fsp3) is 0.818. The van der Waals surface area contributed by atoms with Crippen molar-refractivity contribution in [2.75, 3.05) is 0 Å². The van der Waals surface area contributed by atoms with Crippen molar-refractivity contribution in [2.24, 2.45) is 10.8 Å². The van der Waals surface area contributed by atoms with Crippen molar-refractivity contribution < 1.29 is 5.11 Å². The minimum atomic E-state index is -0.0289. The molecule has 0 unspecified atom stereocenters. The summed E-state index contributed by atoms with van der Waals surface area (Å²) in [7, 11) is 0. The Hall–Kier alpha value is -0.300. The first-order valence-electron chi connectivity index (χ1n) is 5.18. The third-order valence-electron chi connectivity index (χ3n) is 4.54. The lowest BCUT2D eigenvalue weighted by atomic mass is 9.50. The van der Waals surface area contributed by atoms with Gasteiger partial charge in [0.15, 0.2) is 0 Å². The summed E-state index contributed by atoms with van der Waals surface area (Å²) >= 11 is 0. The SMILES string of the molecule is O[C@@H]1CCC[C@]23C=C[C@]12CCC3. The van der Waals surface area contributed by atoms with Gasteiger partial charge in [-0.2, -0.15) is 0 Å². The molecule has 0 aliphatic heterocycles. The fourth-order valence-corrected chi connectivity index (χ4v) is 3.80. The normalized spacial score (nSPS) is 55.9. The Morgan fingerprint density at radius 3 is 2.58 bits per heavy atom. The molecule has 66 valence electrons. The standard InChI is InChI=1S/C11H16O/c12-9-3-1-4-10-5-2-6-11(9,10)8-7-10/h7-9,12H,1-6H2/t9-,10+,11-/m1/s1. The number of aliphatic hydroxyl groups is 1. The number of hydrogen-bond acceptors (Lipinski definition) is 1. The zero-order valence-electron chi connectivity index (χ0n) is 7.42. The third-order valence-corrected chi connectivity index (χ3v) is 4.54. The largest absolute Gasteiger partial charge is 0.392 e. The van der Waals surface area contributed by atoms with Gasteiger partial charge in [-0.05, 0) is 37.5 Å². The summed E-state index contributed by atoms with van der Waals surface area (Å²) < 4.78 is 0. The second-order valence-electron chi connectivity index (χ2n) is 4.79. The molecule has 3 aliphatic carbocycles. The van der Waals surface area contributed by atoms with Gasteiger partial charge in [0.05, 0.1) is 6.10 Å². The minimum Gasteiger partial charge on any atom is -0.392 e. The highest BCUT2D eigenvalue weighted by molar-refractivity contribution is 5.32. The Balaban J connectivity index is 2.06. The summed E-state index contributed by atoms with van der Waals surface area (Å²) in [5.41, 5.74) is 0.690. The smallest absolute Gasteiger partial charge is 0.0639 e. The molecule has 1 nitrogen and oxygen atoms in total. The van der Waals surface area contributed by atoms with Crippen molar-refractivity contribution >= 4 is 0 Å². The van der Waals surface area contributed by atoms with Crippen LogP contribution in [0.25, 0.3) is 0 Å². The Kier molecular flexibility index (Phi) is 1.16. The molecule has 3 aliphatic rings. The van der Waals surface area contributed by atoms with E-state index in [2.05, 4.69) is 12.2 Å². The molecule has 3 rings (SSSR count). The summed E-state index contributed by atoms with van der Waals surface area (Å²) in [5, 5.41) is 10.0. The van der Waals surface area contributed by atoms with Gasteiger partial charge in [0.25, 0.3) is 0 Å². The molecule has 2 saturated carbocycles. The van der Waals surface area contributed by atoms with Gasteiger partial charge in [-0.25, -0.2) is 0 Å². The molecular formula is C11H16O. The third kappa shape index (κ3) is 0.545. The summed E-state index contributed by atoms with van der Waals surface area (Å²) in [6, 6.07) is 0. The van der Waals surface area contributed by atoms with Crippen LogP contribution in [0.3, 0.4) is 0 Å². The van der Waals surface area contributed by atoms with Crippen LogP contribution in [-0.2, 0) is 0 Å². The van der Waals surface area contributed by atoms with E-state index < -0.39 is 0 Å². The molecule has 0 aromatic rings. The summed E-state index contributed by atoms with van der Waals surface area (Å²) in [5.74, 6) is 0. The minimum absolute atomic E-state index is 0.0289. The first-order valence-corrected chi connectivity index (χ1v) is 5.18. The second-order valence-corrected chi connectivity index (χ2v) is 4.79. The number of allylic oxidation sites excluding steroid dienone is 1. The van der Waals surface area contributed by atoms with Crippen molar-refractivity contribution in [1.82, 2.24) is 0 Å². The van der Waals surface area contributed by atoms with Crippen LogP contribution in [-0.4, -0.2) is 11.2 Å². The molecule has 0 aromatic carbocycles. The maximum absolute atomic E-state index is 10.0. The molecule has 0 bridgehead atoms. The van der Waals surface area contributed by atoms with Crippen LogP contribution < -0.4 is 0 Å². The molecule has 2 fully saturated rings. The van der Waals surface area contributed by atoms with E-state index in [0.717, 1.165) is 6.42 Å². The summed E-state index contributed by atoms with van der Waals surface area (Å²) in [6.07, 6.45) is 12.1. The van der Waals surface area contributed by atoms with E-state index >= 15 is 0 Å². The molecule has 0 radical (unpaired) electrons. The van der Waals surface area contributed by atoms with Crippen molar-refractivity contribution in [3.05, 3.63) is 12.2 Å². The molecule has 3 atom stereocenters. The van der Waals surface area contributed by atoms with Crippen LogP contribution in [0.2, 0.25) is 0 Å². The first-order chi connectivity index (χ1) is 5.79. The van der Waals surface area contributed by atoms with Crippen LogP contribution in [0.15, 0.2) is 12.2 Å². The Labute approximate surface area is 73.5 Å². The highest BCUT2D eigenvalue weighted by Gasteiger charge is 2.61. The van der Waals surface area contributed by atoms with E-state index in [-0.39, 0.29) is 11.5 Å². The molecule has 1 N–H and O–H groups in total. The zero-order valence-corrected chi connectivity index (χ0v) is 7.42. The van der Waals surface area contributed by atoms with Gasteiger partial charge in [0.2, 0.25) is 0 Å². The number of hydrogen-bond donors (Lipinski definition) is 1. The van der Waals surface area contributed by atoms with Gasteiger partial charge in [-0.3, -0.25) is 0 Å². The predicted octanol–water partition coefficient (Wildman–Crippen LogP) is 2.26. The van der Waals surface area contributed by atoms with Crippen LogP contribution >= 0.6 is 0 Å². The molecule has 0 spiro atoms. The zero-order chi connectivity index (χ0) is 8.23. The maximum Gasteiger partial charge on any atom is 0.0639 e. The molecule has 0 saturated heterocycles. The maximum atomic E-state index is 10.0. The Morgan fingerprint density at radius 1 is 1.08 bits per heavy atom. The Morgan fingerprint density at radius 2 is 1.92 bits per heavy atom. The lowest BCUT2D eigenvalue weighted by Crippen LogP contribution is -2.52. The van der Waals surface area contributed by atoms with E-state index in [1.54, 1.807) is 0 Å². The van der Waals surface area contributed by atoms with Gasteiger partial charge in [-0.15, -0.1) is 0 Å². The average Bonchev–Trinajstić information content (AvgIpc) is 2.31. The highest BCUT2D eigenvalue weighted by Crippen LogP contribution is 2.67. The molecule has 0 aromatic heterocycles. The van der Waals surface area contributed by atoms with Gasteiger partial charge >= 0.3 is 0 Å². The van der Waals surface area contributed by atoms with Gasteiger partial charge in [-0.1, -0.05) is 18.6 Å². The summed E-state index contributed by atoms with van der Waals surface area (Å²) in [6.45, 7) is 0. The van der Waals surface area contributed by atoms with E-state index in [0.29, 0.717) is 5.41 Å². The van der Waals surface area contributed by atoms with Crippen LogP contribution in [0.4, 0.5) is 0 Å². The fourth-order valence-electron chi connectivity index (χ4n) is 3.80. The molecule has 1 heteroatoms. The van der Waals surface area contributed by atoms with Crippen molar-refractivity contribution in [3.8, 4) is 0 Å². The topological polar surface area (TPSA) is 20.2 Å². The van der Waals surface area contributed by atoms with E-state index in [4.69, 9.17) is 0 Å². The van der Waals surface area contributed by atoms with Gasteiger partial charge in [0.1, 0.15) is 0 Å². The quantitative estimate of drug-likeness (QED) is 0.544. The average molecular weight is 164 g/mol. The van der Waals surface area contributed by atoms with Gasteiger partial charge in [0, 0.05) is 5.41 Å². The predicted molar refractivity (Wildman–Crippen MR) is 47.7 cm³/mol. The molecule has 12 heavy (non-hydrogen) atoms. The lowest BCUT2D eigenvalue weighted by molar-refractivity contribution is -0.0575.